The first kappa shape index (κ1) is 91.1. The lowest BCUT2D eigenvalue weighted by Crippen LogP contribution is -2.61. The Balaban J connectivity index is 0.988. The molecule has 8 rings (SSSR count). The highest BCUT2D eigenvalue weighted by molar-refractivity contribution is 8.00. The van der Waals surface area contributed by atoms with E-state index in [2.05, 4.69) is 93.0 Å². The third kappa shape index (κ3) is 27.1. The summed E-state index contributed by atoms with van der Waals surface area (Å²) in [6, 6.07) is -1.06. The molecule has 1 aliphatic carbocycles. The average molecular weight is 1680 g/mol. The first-order chi connectivity index (χ1) is 57.1. The van der Waals surface area contributed by atoms with Crippen LogP contribution in [-0.4, -0.2) is 261 Å². The van der Waals surface area contributed by atoms with Gasteiger partial charge in [-0.2, -0.15) is 0 Å². The lowest BCUT2D eigenvalue weighted by molar-refractivity contribution is -0.255. The summed E-state index contributed by atoms with van der Waals surface area (Å²) in [5.41, 5.74) is 8.41. The maximum absolute atomic E-state index is 14.8. The van der Waals surface area contributed by atoms with Crippen LogP contribution in [0.25, 0.3) is 33.4 Å². The van der Waals surface area contributed by atoms with E-state index in [-0.39, 0.29) is 45.3 Å². The van der Waals surface area contributed by atoms with Crippen molar-refractivity contribution in [1.82, 2.24) is 92.3 Å². The third-order valence-electron chi connectivity index (χ3n) is 18.4. The van der Waals surface area contributed by atoms with Crippen molar-refractivity contribution in [1.29, 1.82) is 0 Å². The summed E-state index contributed by atoms with van der Waals surface area (Å²) in [5, 5.41) is 87.0. The van der Waals surface area contributed by atoms with E-state index < -0.39 is 239 Å². The van der Waals surface area contributed by atoms with E-state index >= 15 is 0 Å². The smallest absolute Gasteiger partial charge is 0.326 e. The fourth-order valence-corrected chi connectivity index (χ4v) is 13.1. The van der Waals surface area contributed by atoms with Crippen LogP contribution >= 0.6 is 11.8 Å². The highest BCUT2D eigenvalue weighted by atomic mass is 32.2. The molecule has 2 aliphatic rings. The Labute approximate surface area is 684 Å². The van der Waals surface area contributed by atoms with Gasteiger partial charge in [-0.3, -0.25) is 67.1 Å². The molecule has 4 aromatic heterocycles. The van der Waals surface area contributed by atoms with Crippen LogP contribution in [0.1, 0.15) is 84.5 Å². The Kier molecular flexibility index (Phi) is 33.1. The number of anilines is 2. The number of hydrogen-bond donors (Lipinski definition) is 20. The van der Waals surface area contributed by atoms with Gasteiger partial charge in [0.05, 0.1) is 72.4 Å². The van der Waals surface area contributed by atoms with Crippen molar-refractivity contribution >= 4 is 129 Å². The molecule has 1 aliphatic heterocycles. The van der Waals surface area contributed by atoms with Gasteiger partial charge in [0.25, 0.3) is 0 Å². The number of hydrogen-bond acceptors (Lipinski definition) is 25. The number of thioether (sulfide) groups is 1. The predicted molar refractivity (Wildman–Crippen MR) is 421 cm³/mol. The van der Waals surface area contributed by atoms with Crippen LogP contribution in [0.15, 0.2) is 109 Å². The Morgan fingerprint density at radius 2 is 0.858 bits per heavy atom. The molecule has 0 radical (unpaired) electrons. The van der Waals surface area contributed by atoms with Crippen LogP contribution in [0, 0.1) is 0 Å². The van der Waals surface area contributed by atoms with Gasteiger partial charge >= 0.3 is 29.8 Å². The molecule has 0 saturated carbocycles. The molecule has 9 atom stereocenters. The fourth-order valence-electron chi connectivity index (χ4n) is 12.2. The molecule has 45 heteroatoms. The van der Waals surface area contributed by atoms with Gasteiger partial charge in [-0.1, -0.05) is 6.07 Å². The van der Waals surface area contributed by atoms with E-state index in [0.29, 0.717) is 27.9 Å². The van der Waals surface area contributed by atoms with Gasteiger partial charge in [0.15, 0.2) is 0 Å². The predicted octanol–water partition coefficient (Wildman–Crippen LogP) is -3.93. The van der Waals surface area contributed by atoms with Gasteiger partial charge in [0.2, 0.25) is 64.4 Å². The Hall–Kier alpha value is -14.4. The fraction of sp³-hybridized carbons (Fsp3) is 0.373. The minimum Gasteiger partial charge on any atom is -0.545 e. The molecular formula is C75H89N21O23S. The van der Waals surface area contributed by atoms with E-state index in [4.69, 9.17) is 10.2 Å². The number of carbonyl (C=O) groups is 16. The number of benzene rings is 3. The second kappa shape index (κ2) is 43.5. The first-order valence-corrected chi connectivity index (χ1v) is 38.1. The van der Waals surface area contributed by atoms with Crippen molar-refractivity contribution in [2.24, 2.45) is 5.73 Å². The molecule has 0 saturated heterocycles. The molecule has 2 aromatic carbocycles. The van der Waals surface area contributed by atoms with E-state index in [0.717, 1.165) is 22.8 Å². The number of nitrogens with zero attached hydrogens (tertiary/aromatic N) is 6. The molecule has 0 spiro atoms. The van der Waals surface area contributed by atoms with Crippen molar-refractivity contribution in [3.05, 3.63) is 138 Å². The zero-order valence-corrected chi connectivity index (χ0v) is 65.7. The second-order valence-corrected chi connectivity index (χ2v) is 28.7. The molecule has 120 heavy (non-hydrogen) atoms. The number of nitrogens with two attached hydrogens (primary N) is 1. The van der Waals surface area contributed by atoms with Crippen molar-refractivity contribution < 1.29 is 112 Å². The van der Waals surface area contributed by atoms with E-state index in [9.17, 15) is 107 Å². The normalized spacial score (nSPS) is 13.3. The number of aromatic carboxylic acids is 1. The summed E-state index contributed by atoms with van der Waals surface area (Å²) in [6.07, 6.45) is 2.14. The molecule has 21 N–H and O–H groups in total. The zero-order valence-electron chi connectivity index (χ0n) is 64.9. The first-order valence-electron chi connectivity index (χ1n) is 37.0. The van der Waals surface area contributed by atoms with Crippen LogP contribution in [0.4, 0.5) is 11.4 Å². The standard InChI is InChI=1S/C75H89N21O23S/c1-95(2)42-6-9-45-57(24-42)119-58-25-43(96(3)4)7-10-46(58)65(45)44-8-5-37(19-47(44)74(115)116)85-60(98)32-120-31-56(86-59(97)26-76)73(114)94-54(22-40-29-79-35-83-40)71(112)89-49(12-16-62(101)102)67(108)92-52(20-38-27-77-33-81-38)69(110)87-48(11-15-61(99)100)66(107)91-53(21-39-28-78-34-82-39)70(111)88-50(13-17-63(103)104)68(109)93-55(23-41-30-80-36-84-41)72(113)90-51(75(117)118)14-18-64(105)106/h5-10,19,24-25,27-30,33-36,48-56H,11-18,20-23,26,31-32,76H2,1-4H3,(H19,77,78,79,80,81,82,83,84,86,87,88,89,90,91,92,93,94,97,99,100,101,102,103,104,105,106,107,108,109,110,111,112,113,114,115,116,117,118)/t48-,49-,50-,51-,52-,53-,54-,55-,56-/m0/s1. The molecule has 6 aromatic rings. The number of rotatable bonds is 47. The summed E-state index contributed by atoms with van der Waals surface area (Å²) in [6.45, 7) is -0.642. The number of H-pyrrole nitrogens is 4. The van der Waals surface area contributed by atoms with Crippen molar-refractivity contribution in [3.63, 3.8) is 0 Å². The average Bonchev–Trinajstić information content (AvgIpc) is 0.807. The van der Waals surface area contributed by atoms with Crippen molar-refractivity contribution in [3.8, 4) is 22.5 Å². The highest BCUT2D eigenvalue weighted by Crippen LogP contribution is 2.42. The Bertz CT molecular complexity index is 5070. The van der Waals surface area contributed by atoms with Gasteiger partial charge in [0.1, 0.15) is 79.8 Å². The van der Waals surface area contributed by atoms with E-state index in [1.54, 1.807) is 0 Å². The number of carboxylic acid groups (broad SMARTS) is 6. The van der Waals surface area contributed by atoms with Gasteiger partial charge in [-0.15, -0.1) is 11.8 Å². The van der Waals surface area contributed by atoms with Gasteiger partial charge in [0, 0.05) is 142 Å². The van der Waals surface area contributed by atoms with Gasteiger partial charge < -0.3 is 124 Å². The molecule has 0 bridgehead atoms. The highest BCUT2D eigenvalue weighted by Gasteiger charge is 2.38. The number of carbonyl (C=O) groups excluding carboxylic acids is 11. The molecular weight excluding hydrogens is 1600 g/mol. The summed E-state index contributed by atoms with van der Waals surface area (Å²) in [5.74, 6) is -20.6. The Morgan fingerprint density at radius 3 is 1.23 bits per heavy atom. The summed E-state index contributed by atoms with van der Waals surface area (Å²) in [4.78, 5) is 244. The van der Waals surface area contributed by atoms with Crippen LogP contribution in [0.2, 0.25) is 0 Å². The number of carboxylic acids is 6. The van der Waals surface area contributed by atoms with Crippen LogP contribution in [0.5, 0.6) is 0 Å². The van der Waals surface area contributed by atoms with Crippen LogP contribution in [-0.2, 0) is 97.6 Å². The molecule has 44 nitrogen and oxygen atoms in total. The maximum Gasteiger partial charge on any atom is 0.326 e. The maximum atomic E-state index is 14.8. The molecule has 5 heterocycles. The molecule has 638 valence electrons. The number of aromatic nitrogens is 8. The summed E-state index contributed by atoms with van der Waals surface area (Å²) < 4.78 is 8.29. The number of amides is 10. The molecule has 10 amide bonds. The topological polar surface area (TPSA) is 678 Å². The molecule has 0 unspecified atom stereocenters. The van der Waals surface area contributed by atoms with Crippen molar-refractivity contribution in [2.75, 3.05) is 56.5 Å². The lowest BCUT2D eigenvalue weighted by Gasteiger charge is -2.28. The molecule has 0 fully saturated rings. The Morgan fingerprint density at radius 1 is 0.475 bits per heavy atom. The summed E-state index contributed by atoms with van der Waals surface area (Å²) in [7, 11) is 7.42. The van der Waals surface area contributed by atoms with Gasteiger partial charge in [-0.25, -0.2) is 29.3 Å². The largest absolute Gasteiger partial charge is 0.545 e. The second-order valence-electron chi connectivity index (χ2n) is 27.7. The number of fused-ring (bicyclic) bond motifs is 2. The third-order valence-corrected chi connectivity index (χ3v) is 19.4. The van der Waals surface area contributed by atoms with E-state index in [1.165, 1.54) is 68.3 Å². The number of nitrogens with one attached hydrogen (secondary N) is 14. The minimum absolute atomic E-state index is 0.0442. The van der Waals surface area contributed by atoms with Crippen LogP contribution in [0.3, 0.4) is 0 Å². The van der Waals surface area contributed by atoms with Crippen LogP contribution < -0.4 is 78.8 Å². The lowest BCUT2D eigenvalue weighted by atomic mass is 9.90. The number of aliphatic carboxylic acids is 5. The van der Waals surface area contributed by atoms with Crippen molar-refractivity contribution in [2.45, 2.75) is 131 Å². The number of imidazole rings is 4. The summed E-state index contributed by atoms with van der Waals surface area (Å²) >= 11 is 0.818. The van der Waals surface area contributed by atoms with E-state index in [1.807, 2.05) is 74.1 Å². The zero-order chi connectivity index (χ0) is 87.4. The quantitative estimate of drug-likeness (QED) is 0.0128. The SMILES string of the molecule is CN(C)c1ccc2c(-c3ccc(NC(=O)CSC[C@H](NC(=O)CN)C(=O)N[C@@H](Cc4c[nH]cn4)C(=O)N[C@@H](CCC(=O)O)C(=O)N[C@@H](Cc4c[nH]cn4)C(=O)N[C@@H](CCC(=O)O)C(=O)N[C@@H](Cc4c[nH]cn4)C(=O)N[C@@H](CCC(=O)O)C(=O)N[C@@H](Cc4c[nH]cn4)C(=O)N[C@@H](CCC(=O)O)C(=O)O)cc3C(=O)[O-])c3ccc(=[N+](C)C)cc-3oc2c1. The number of aromatic amines is 4. The van der Waals surface area contributed by atoms with Gasteiger partial charge in [-0.05, 0) is 61.6 Å². The monoisotopic (exact) mass is 1680 g/mol. The minimum atomic E-state index is -1.95.